The molecular formula is C15H24BrN. The van der Waals surface area contributed by atoms with Crippen molar-refractivity contribution in [2.45, 2.75) is 46.0 Å². The van der Waals surface area contributed by atoms with Crippen LogP contribution in [0.5, 0.6) is 0 Å². The highest BCUT2D eigenvalue weighted by Gasteiger charge is 2.26. The first-order chi connectivity index (χ1) is 8.17. The van der Waals surface area contributed by atoms with Crippen molar-refractivity contribution in [1.29, 1.82) is 0 Å². The van der Waals surface area contributed by atoms with Gasteiger partial charge in [-0.2, -0.15) is 0 Å². The first-order valence-electron chi connectivity index (χ1n) is 6.61. The Balaban J connectivity index is 2.82. The molecule has 0 spiro atoms. The number of nitrogens with two attached hydrogens (primary N) is 1. The summed E-state index contributed by atoms with van der Waals surface area (Å²) in [5, 5.41) is 0. The van der Waals surface area contributed by atoms with E-state index in [0.29, 0.717) is 0 Å². The molecule has 0 radical (unpaired) electrons. The van der Waals surface area contributed by atoms with Crippen molar-refractivity contribution < 1.29 is 0 Å². The van der Waals surface area contributed by atoms with Crippen LogP contribution in [0.1, 0.15) is 45.1 Å². The van der Waals surface area contributed by atoms with E-state index in [2.05, 4.69) is 54.0 Å². The molecule has 0 aromatic heterocycles. The van der Waals surface area contributed by atoms with E-state index in [9.17, 15) is 0 Å². The highest BCUT2D eigenvalue weighted by molar-refractivity contribution is 9.10. The first-order valence-corrected chi connectivity index (χ1v) is 7.40. The lowest BCUT2D eigenvalue weighted by molar-refractivity contribution is 0.251. The summed E-state index contributed by atoms with van der Waals surface area (Å²) in [6.07, 6.45) is 6.00. The molecule has 1 unspecified atom stereocenters. The molecule has 1 aromatic carbocycles. The van der Waals surface area contributed by atoms with Crippen molar-refractivity contribution in [2.24, 2.45) is 11.1 Å². The maximum Gasteiger partial charge on any atom is 0.0207 e. The van der Waals surface area contributed by atoms with Crippen LogP contribution in [-0.4, -0.2) is 6.54 Å². The van der Waals surface area contributed by atoms with Crippen LogP contribution >= 0.6 is 15.9 Å². The molecule has 0 saturated carbocycles. The van der Waals surface area contributed by atoms with E-state index in [4.69, 9.17) is 5.73 Å². The third-order valence-electron chi connectivity index (χ3n) is 3.77. The van der Waals surface area contributed by atoms with Crippen LogP contribution in [0.3, 0.4) is 0 Å². The Morgan fingerprint density at radius 2 is 1.94 bits per heavy atom. The molecule has 96 valence electrons. The average Bonchev–Trinajstić information content (AvgIpc) is 2.37. The highest BCUT2D eigenvalue weighted by Crippen LogP contribution is 2.34. The fourth-order valence-corrected chi connectivity index (χ4v) is 2.73. The summed E-state index contributed by atoms with van der Waals surface area (Å²) in [6.45, 7) is 5.29. The average molecular weight is 298 g/mol. The topological polar surface area (TPSA) is 26.0 Å². The predicted octanol–water partition coefficient (Wildman–Crippen LogP) is 4.54. The molecule has 0 aliphatic rings. The number of benzene rings is 1. The van der Waals surface area contributed by atoms with E-state index in [0.717, 1.165) is 19.4 Å². The Bertz CT molecular complexity index is 331. The quantitative estimate of drug-likeness (QED) is 0.786. The molecule has 0 saturated heterocycles. The van der Waals surface area contributed by atoms with Crippen LogP contribution in [0.4, 0.5) is 0 Å². The van der Waals surface area contributed by atoms with Gasteiger partial charge in [-0.3, -0.25) is 0 Å². The Kier molecular flexibility index (Phi) is 6.21. The molecule has 1 nitrogen and oxygen atoms in total. The summed E-state index contributed by atoms with van der Waals surface area (Å²) < 4.78 is 1.21. The van der Waals surface area contributed by atoms with E-state index in [1.54, 1.807) is 0 Å². The minimum absolute atomic E-state index is 0.278. The molecule has 17 heavy (non-hydrogen) atoms. The molecule has 0 amide bonds. The minimum Gasteiger partial charge on any atom is -0.330 e. The summed E-state index contributed by atoms with van der Waals surface area (Å²) in [5.74, 6) is 0. The van der Waals surface area contributed by atoms with Crippen LogP contribution in [-0.2, 0) is 6.42 Å². The predicted molar refractivity (Wildman–Crippen MR) is 79.1 cm³/mol. The van der Waals surface area contributed by atoms with E-state index in [1.807, 2.05) is 0 Å². The SMILES string of the molecule is CCCCC(CC)(CN)Cc1ccccc1Br. The number of hydrogen-bond donors (Lipinski definition) is 1. The molecule has 0 bridgehead atoms. The van der Waals surface area contributed by atoms with E-state index in [1.165, 1.54) is 29.3 Å². The zero-order valence-corrected chi connectivity index (χ0v) is 12.6. The smallest absolute Gasteiger partial charge is 0.0207 e. The third-order valence-corrected chi connectivity index (χ3v) is 4.54. The second kappa shape index (κ2) is 7.17. The van der Waals surface area contributed by atoms with Crippen molar-refractivity contribution in [3.8, 4) is 0 Å². The Labute approximate surface area is 114 Å². The van der Waals surface area contributed by atoms with Crippen molar-refractivity contribution in [3.05, 3.63) is 34.3 Å². The van der Waals surface area contributed by atoms with Gasteiger partial charge >= 0.3 is 0 Å². The van der Waals surface area contributed by atoms with Gasteiger partial charge in [-0.1, -0.05) is 60.8 Å². The van der Waals surface area contributed by atoms with Gasteiger partial charge in [-0.05, 0) is 42.9 Å². The van der Waals surface area contributed by atoms with Gasteiger partial charge in [0.25, 0.3) is 0 Å². The monoisotopic (exact) mass is 297 g/mol. The molecule has 0 heterocycles. The molecule has 2 heteroatoms. The molecular weight excluding hydrogens is 274 g/mol. The lowest BCUT2D eigenvalue weighted by atomic mass is 9.75. The van der Waals surface area contributed by atoms with Crippen LogP contribution in [0.15, 0.2) is 28.7 Å². The van der Waals surface area contributed by atoms with E-state index < -0.39 is 0 Å². The van der Waals surface area contributed by atoms with Gasteiger partial charge in [0.15, 0.2) is 0 Å². The Hall–Kier alpha value is -0.340. The van der Waals surface area contributed by atoms with Crippen LogP contribution in [0, 0.1) is 5.41 Å². The maximum absolute atomic E-state index is 6.04. The molecule has 0 fully saturated rings. The molecule has 1 aromatic rings. The van der Waals surface area contributed by atoms with E-state index >= 15 is 0 Å². The summed E-state index contributed by atoms with van der Waals surface area (Å²) in [5.41, 5.74) is 7.70. The van der Waals surface area contributed by atoms with Gasteiger partial charge in [0.2, 0.25) is 0 Å². The molecule has 2 N–H and O–H groups in total. The van der Waals surface area contributed by atoms with Crippen LogP contribution in [0.25, 0.3) is 0 Å². The fraction of sp³-hybridized carbons (Fsp3) is 0.600. The lowest BCUT2D eigenvalue weighted by Crippen LogP contribution is -2.32. The zero-order valence-electron chi connectivity index (χ0n) is 11.0. The van der Waals surface area contributed by atoms with Gasteiger partial charge in [0.05, 0.1) is 0 Å². The number of hydrogen-bond acceptors (Lipinski definition) is 1. The fourth-order valence-electron chi connectivity index (χ4n) is 2.31. The number of rotatable bonds is 7. The molecule has 1 atom stereocenters. The largest absolute Gasteiger partial charge is 0.330 e. The summed E-state index contributed by atoms with van der Waals surface area (Å²) in [6, 6.07) is 8.49. The number of halogens is 1. The molecule has 0 aliphatic carbocycles. The van der Waals surface area contributed by atoms with Gasteiger partial charge in [0, 0.05) is 4.47 Å². The standard InChI is InChI=1S/C15H24BrN/c1-3-5-10-15(4-2,12-17)11-13-8-6-7-9-14(13)16/h6-9H,3-5,10-12,17H2,1-2H3. The summed E-state index contributed by atoms with van der Waals surface area (Å²) >= 11 is 3.63. The van der Waals surface area contributed by atoms with Crippen molar-refractivity contribution in [2.75, 3.05) is 6.54 Å². The molecule has 0 aliphatic heterocycles. The van der Waals surface area contributed by atoms with E-state index in [-0.39, 0.29) is 5.41 Å². The minimum atomic E-state index is 0.278. The summed E-state index contributed by atoms with van der Waals surface area (Å²) in [7, 11) is 0. The van der Waals surface area contributed by atoms with Crippen molar-refractivity contribution in [1.82, 2.24) is 0 Å². The van der Waals surface area contributed by atoms with Gasteiger partial charge in [0.1, 0.15) is 0 Å². The maximum atomic E-state index is 6.04. The van der Waals surface area contributed by atoms with Gasteiger partial charge in [-0.25, -0.2) is 0 Å². The third kappa shape index (κ3) is 4.11. The number of unbranched alkanes of at least 4 members (excludes halogenated alkanes) is 1. The second-order valence-electron chi connectivity index (χ2n) is 4.93. The Morgan fingerprint density at radius 1 is 1.24 bits per heavy atom. The Morgan fingerprint density at radius 3 is 2.47 bits per heavy atom. The highest BCUT2D eigenvalue weighted by atomic mass is 79.9. The van der Waals surface area contributed by atoms with Gasteiger partial charge < -0.3 is 5.73 Å². The van der Waals surface area contributed by atoms with Crippen LogP contribution < -0.4 is 5.73 Å². The lowest BCUT2D eigenvalue weighted by Gasteiger charge is -2.32. The normalized spacial score (nSPS) is 14.6. The second-order valence-corrected chi connectivity index (χ2v) is 5.78. The van der Waals surface area contributed by atoms with Crippen molar-refractivity contribution >= 4 is 15.9 Å². The van der Waals surface area contributed by atoms with Gasteiger partial charge in [-0.15, -0.1) is 0 Å². The van der Waals surface area contributed by atoms with Crippen LogP contribution in [0.2, 0.25) is 0 Å². The summed E-state index contributed by atoms with van der Waals surface area (Å²) in [4.78, 5) is 0. The molecule has 1 rings (SSSR count). The first kappa shape index (κ1) is 14.7. The zero-order chi connectivity index (χ0) is 12.7. The van der Waals surface area contributed by atoms with Crippen molar-refractivity contribution in [3.63, 3.8) is 0 Å².